The molecule has 0 saturated carbocycles. The van der Waals surface area contributed by atoms with Crippen LogP contribution < -0.4 is 0 Å². The van der Waals surface area contributed by atoms with Gasteiger partial charge in [0.2, 0.25) is 0 Å². The zero-order chi connectivity index (χ0) is 14.2. The van der Waals surface area contributed by atoms with Gasteiger partial charge in [-0.25, -0.2) is 18.4 Å². The lowest BCUT2D eigenvalue weighted by atomic mass is 10.1. The monoisotopic (exact) mass is 293 g/mol. The second-order valence-electron chi connectivity index (χ2n) is 5.40. The Hall–Kier alpha value is -1.43. The lowest BCUT2D eigenvalue weighted by Gasteiger charge is -2.25. The predicted molar refractivity (Wildman–Crippen MR) is 78.4 cm³/mol. The zero-order valence-corrected chi connectivity index (χ0v) is 12.4. The first kappa shape index (κ1) is 13.5. The first-order valence-electron chi connectivity index (χ1n) is 7.13. The quantitative estimate of drug-likeness (QED) is 0.869. The molecule has 1 unspecified atom stereocenters. The molecule has 0 bridgehead atoms. The fraction of sp³-hybridized carbons (Fsp3) is 0.571. The standard InChI is InChI=1S/C14H19N3O2S/c1-2-5-13-16-12-7-3-8-15-14(12)17(13)11-6-4-9-20(18,19)10-11/h3,7-8,11H,2,4-6,9-10H2,1H3. The van der Waals surface area contributed by atoms with Crippen molar-refractivity contribution >= 4 is 21.0 Å². The van der Waals surface area contributed by atoms with Crippen molar-refractivity contribution in [3.05, 3.63) is 24.2 Å². The van der Waals surface area contributed by atoms with E-state index in [-0.39, 0.29) is 11.8 Å². The second-order valence-corrected chi connectivity index (χ2v) is 7.63. The van der Waals surface area contributed by atoms with Crippen LogP contribution in [-0.4, -0.2) is 34.5 Å². The van der Waals surface area contributed by atoms with E-state index in [4.69, 9.17) is 0 Å². The SMILES string of the molecule is CCCc1nc2cccnc2n1C1CCCS(=O)(=O)C1. The van der Waals surface area contributed by atoms with Gasteiger partial charge in [-0.15, -0.1) is 0 Å². The van der Waals surface area contributed by atoms with Crippen molar-refractivity contribution in [3.8, 4) is 0 Å². The van der Waals surface area contributed by atoms with Crippen molar-refractivity contribution in [1.29, 1.82) is 0 Å². The summed E-state index contributed by atoms with van der Waals surface area (Å²) >= 11 is 0. The first-order valence-corrected chi connectivity index (χ1v) is 8.95. The van der Waals surface area contributed by atoms with E-state index in [1.807, 2.05) is 12.1 Å². The van der Waals surface area contributed by atoms with Gasteiger partial charge >= 0.3 is 0 Å². The van der Waals surface area contributed by atoms with Gasteiger partial charge in [0, 0.05) is 12.6 Å². The zero-order valence-electron chi connectivity index (χ0n) is 11.6. The summed E-state index contributed by atoms with van der Waals surface area (Å²) in [6.07, 6.45) is 5.20. The van der Waals surface area contributed by atoms with Crippen molar-refractivity contribution in [2.75, 3.05) is 11.5 Å². The molecule has 1 aliphatic heterocycles. The average molecular weight is 293 g/mol. The van der Waals surface area contributed by atoms with Crippen LogP contribution in [0.4, 0.5) is 0 Å². The smallest absolute Gasteiger partial charge is 0.160 e. The van der Waals surface area contributed by atoms with Gasteiger partial charge < -0.3 is 4.57 Å². The Morgan fingerprint density at radius 3 is 3.05 bits per heavy atom. The number of hydrogen-bond acceptors (Lipinski definition) is 4. The lowest BCUT2D eigenvalue weighted by molar-refractivity contribution is 0.463. The van der Waals surface area contributed by atoms with Gasteiger partial charge in [-0.3, -0.25) is 0 Å². The topological polar surface area (TPSA) is 64.8 Å². The Balaban J connectivity index is 2.10. The molecule has 5 nitrogen and oxygen atoms in total. The van der Waals surface area contributed by atoms with Crippen molar-refractivity contribution in [1.82, 2.24) is 14.5 Å². The molecule has 3 heterocycles. The molecule has 20 heavy (non-hydrogen) atoms. The average Bonchev–Trinajstić information content (AvgIpc) is 2.76. The van der Waals surface area contributed by atoms with Crippen molar-refractivity contribution in [2.24, 2.45) is 0 Å². The molecule has 1 aliphatic rings. The molecule has 1 saturated heterocycles. The molecule has 2 aromatic heterocycles. The van der Waals surface area contributed by atoms with E-state index in [1.54, 1.807) is 6.20 Å². The molecule has 6 heteroatoms. The van der Waals surface area contributed by atoms with Crippen molar-refractivity contribution < 1.29 is 8.42 Å². The summed E-state index contributed by atoms with van der Waals surface area (Å²) in [6.45, 7) is 2.11. The van der Waals surface area contributed by atoms with Gasteiger partial charge in [0.05, 0.1) is 17.5 Å². The summed E-state index contributed by atoms with van der Waals surface area (Å²) in [4.78, 5) is 9.04. The number of imidazole rings is 1. The molecule has 0 aliphatic carbocycles. The first-order chi connectivity index (χ1) is 9.61. The summed E-state index contributed by atoms with van der Waals surface area (Å²) in [6, 6.07) is 3.79. The largest absolute Gasteiger partial charge is 0.309 e. The Kier molecular flexibility index (Phi) is 3.50. The molecule has 2 aromatic rings. The molecule has 0 radical (unpaired) electrons. The predicted octanol–water partition coefficient (Wildman–Crippen LogP) is 2.13. The second kappa shape index (κ2) is 5.16. The molecule has 3 rings (SSSR count). The summed E-state index contributed by atoms with van der Waals surface area (Å²) < 4.78 is 25.9. The fourth-order valence-electron chi connectivity index (χ4n) is 2.96. The third-order valence-electron chi connectivity index (χ3n) is 3.80. The highest BCUT2D eigenvalue weighted by Gasteiger charge is 2.28. The lowest BCUT2D eigenvalue weighted by Crippen LogP contribution is -2.28. The number of pyridine rings is 1. The van der Waals surface area contributed by atoms with Gasteiger partial charge in [-0.05, 0) is 31.4 Å². The van der Waals surface area contributed by atoms with E-state index in [9.17, 15) is 8.42 Å². The number of aromatic nitrogens is 3. The van der Waals surface area contributed by atoms with E-state index in [2.05, 4.69) is 21.5 Å². The number of rotatable bonds is 3. The van der Waals surface area contributed by atoms with Crippen LogP contribution in [0.25, 0.3) is 11.2 Å². The molecular formula is C14H19N3O2S. The van der Waals surface area contributed by atoms with Gasteiger partial charge in [0.15, 0.2) is 15.5 Å². The van der Waals surface area contributed by atoms with Crippen LogP contribution in [0.15, 0.2) is 18.3 Å². The van der Waals surface area contributed by atoms with Crippen LogP contribution in [-0.2, 0) is 16.3 Å². The van der Waals surface area contributed by atoms with Gasteiger partial charge in [0.1, 0.15) is 11.3 Å². The van der Waals surface area contributed by atoms with Crippen LogP contribution in [0.3, 0.4) is 0 Å². The van der Waals surface area contributed by atoms with E-state index in [1.165, 1.54) is 0 Å². The fourth-order valence-corrected chi connectivity index (χ4v) is 4.64. The number of nitrogens with zero attached hydrogens (tertiary/aromatic N) is 3. The maximum absolute atomic E-state index is 11.9. The number of fused-ring (bicyclic) bond motifs is 1. The van der Waals surface area contributed by atoms with E-state index in [0.29, 0.717) is 5.75 Å². The highest BCUT2D eigenvalue weighted by atomic mass is 32.2. The van der Waals surface area contributed by atoms with Crippen LogP contribution in [0, 0.1) is 0 Å². The third kappa shape index (κ3) is 2.44. The molecule has 0 aromatic carbocycles. The molecule has 0 amide bonds. The van der Waals surface area contributed by atoms with Gasteiger partial charge in [-0.1, -0.05) is 6.92 Å². The highest BCUT2D eigenvalue weighted by Crippen LogP contribution is 2.28. The molecule has 1 atom stereocenters. The minimum Gasteiger partial charge on any atom is -0.309 e. The van der Waals surface area contributed by atoms with Crippen LogP contribution in [0.5, 0.6) is 0 Å². The maximum Gasteiger partial charge on any atom is 0.160 e. The molecule has 1 fully saturated rings. The normalized spacial score (nSPS) is 22.1. The Morgan fingerprint density at radius 1 is 1.45 bits per heavy atom. The van der Waals surface area contributed by atoms with Gasteiger partial charge in [-0.2, -0.15) is 0 Å². The highest BCUT2D eigenvalue weighted by molar-refractivity contribution is 7.91. The van der Waals surface area contributed by atoms with E-state index in [0.717, 1.165) is 42.7 Å². The Labute approximate surface area is 119 Å². The summed E-state index contributed by atoms with van der Waals surface area (Å²) in [7, 11) is -2.93. The molecule has 0 N–H and O–H groups in total. The number of aryl methyl sites for hydroxylation is 1. The Morgan fingerprint density at radius 2 is 2.30 bits per heavy atom. The molecule has 0 spiro atoms. The van der Waals surface area contributed by atoms with Crippen LogP contribution >= 0.6 is 0 Å². The number of hydrogen-bond donors (Lipinski definition) is 0. The summed E-state index contributed by atoms with van der Waals surface area (Å²) in [5.74, 6) is 1.49. The minimum atomic E-state index is -2.93. The van der Waals surface area contributed by atoms with Crippen LogP contribution in [0.2, 0.25) is 0 Å². The van der Waals surface area contributed by atoms with Crippen LogP contribution in [0.1, 0.15) is 38.1 Å². The van der Waals surface area contributed by atoms with Gasteiger partial charge in [0.25, 0.3) is 0 Å². The molecular weight excluding hydrogens is 274 g/mol. The summed E-state index contributed by atoms with van der Waals surface area (Å²) in [5, 5.41) is 0. The van der Waals surface area contributed by atoms with E-state index < -0.39 is 9.84 Å². The maximum atomic E-state index is 11.9. The molecule has 108 valence electrons. The van der Waals surface area contributed by atoms with Crippen molar-refractivity contribution in [3.63, 3.8) is 0 Å². The third-order valence-corrected chi connectivity index (χ3v) is 5.60. The Bertz CT molecular complexity index is 721. The number of sulfone groups is 1. The summed E-state index contributed by atoms with van der Waals surface area (Å²) in [5.41, 5.74) is 1.68. The van der Waals surface area contributed by atoms with E-state index >= 15 is 0 Å². The minimum absolute atomic E-state index is 0.0183. The van der Waals surface area contributed by atoms with Crippen molar-refractivity contribution in [2.45, 2.75) is 38.6 Å².